The number of oxazole rings is 1. The number of hydrogen-bond donors (Lipinski definition) is 1. The average Bonchev–Trinajstić information content (AvgIpc) is 2.85. The van der Waals surface area contributed by atoms with E-state index in [9.17, 15) is 9.59 Å². The van der Waals surface area contributed by atoms with E-state index in [2.05, 4.69) is 24.1 Å². The molecule has 1 saturated heterocycles. The van der Waals surface area contributed by atoms with Gasteiger partial charge in [0.2, 0.25) is 5.91 Å². The lowest BCUT2D eigenvalue weighted by molar-refractivity contribution is -0.122. The van der Waals surface area contributed by atoms with Gasteiger partial charge in [0.1, 0.15) is 0 Å². The molecule has 6 nitrogen and oxygen atoms in total. The minimum atomic E-state index is -0.468. The van der Waals surface area contributed by atoms with E-state index in [-0.39, 0.29) is 24.9 Å². The van der Waals surface area contributed by atoms with E-state index in [0.717, 1.165) is 19.6 Å². The minimum Gasteiger partial charge on any atom is -0.408 e. The first-order valence-electron chi connectivity index (χ1n) is 9.62. The average molecular weight is 394 g/mol. The Kier molecular flexibility index (Phi) is 6.27. The van der Waals surface area contributed by atoms with E-state index in [0.29, 0.717) is 28.0 Å². The molecule has 0 spiro atoms. The van der Waals surface area contributed by atoms with Crippen LogP contribution in [0, 0.1) is 11.8 Å². The van der Waals surface area contributed by atoms with Crippen LogP contribution in [0.5, 0.6) is 0 Å². The smallest absolute Gasteiger partial charge is 0.408 e. The number of hydrogen-bond acceptors (Lipinski definition) is 4. The largest absolute Gasteiger partial charge is 0.419 e. The topological polar surface area (TPSA) is 67.5 Å². The number of aromatic nitrogens is 1. The third-order valence-electron chi connectivity index (χ3n) is 5.08. The number of fused-ring (bicyclic) bond motifs is 1. The molecular weight excluding hydrogens is 366 g/mol. The summed E-state index contributed by atoms with van der Waals surface area (Å²) in [6, 6.07) is 5.13. The van der Waals surface area contributed by atoms with Gasteiger partial charge in [0.05, 0.1) is 5.52 Å². The highest BCUT2D eigenvalue weighted by molar-refractivity contribution is 6.31. The van der Waals surface area contributed by atoms with Crippen molar-refractivity contribution in [2.45, 2.75) is 46.2 Å². The summed E-state index contributed by atoms with van der Waals surface area (Å²) in [5, 5.41) is 3.56. The van der Waals surface area contributed by atoms with Crippen LogP contribution in [-0.2, 0) is 11.3 Å². The monoisotopic (exact) mass is 393 g/mol. The first kappa shape index (κ1) is 20.0. The molecule has 0 aliphatic carbocycles. The van der Waals surface area contributed by atoms with E-state index in [1.165, 1.54) is 11.0 Å². The second-order valence-corrected chi connectivity index (χ2v) is 8.45. The molecule has 3 rings (SSSR count). The molecule has 148 valence electrons. The maximum Gasteiger partial charge on any atom is 0.419 e. The van der Waals surface area contributed by atoms with Crippen molar-refractivity contribution in [3.05, 3.63) is 33.8 Å². The molecular formula is C20H28ClN3O3. The molecule has 1 fully saturated rings. The van der Waals surface area contributed by atoms with Gasteiger partial charge in [-0.2, -0.15) is 0 Å². The summed E-state index contributed by atoms with van der Waals surface area (Å²) < 4.78 is 6.67. The van der Waals surface area contributed by atoms with E-state index in [1.807, 2.05) is 6.92 Å². The first-order valence-corrected chi connectivity index (χ1v) is 10.00. The van der Waals surface area contributed by atoms with Crippen molar-refractivity contribution in [3.63, 3.8) is 0 Å². The molecule has 0 bridgehead atoms. The second-order valence-electron chi connectivity index (χ2n) is 8.01. The third kappa shape index (κ3) is 5.14. The molecule has 0 unspecified atom stereocenters. The molecule has 27 heavy (non-hydrogen) atoms. The summed E-state index contributed by atoms with van der Waals surface area (Å²) in [4.78, 5) is 26.8. The number of carbonyl (C=O) groups excluding carboxylic acids is 1. The molecule has 0 saturated carbocycles. The van der Waals surface area contributed by atoms with Crippen molar-refractivity contribution in [3.8, 4) is 0 Å². The molecule has 1 aromatic heterocycles. The SMILES string of the molecule is C[C@@H]1C[C@@H](C)CN(C[C@H](C)NC(=O)CCn2c(=O)oc3cc(Cl)ccc32)C1. The normalized spacial score (nSPS) is 22.1. The number of amides is 1. The van der Waals surface area contributed by atoms with E-state index >= 15 is 0 Å². The number of carbonyl (C=O) groups is 1. The Morgan fingerprint density at radius 1 is 1.33 bits per heavy atom. The molecule has 1 aliphatic heterocycles. The van der Waals surface area contributed by atoms with Crippen molar-refractivity contribution in [1.29, 1.82) is 0 Å². The van der Waals surface area contributed by atoms with Gasteiger partial charge in [0, 0.05) is 49.7 Å². The van der Waals surface area contributed by atoms with Gasteiger partial charge in [0.25, 0.3) is 0 Å². The van der Waals surface area contributed by atoms with Crippen molar-refractivity contribution in [2.24, 2.45) is 11.8 Å². The van der Waals surface area contributed by atoms with Crippen LogP contribution in [0.2, 0.25) is 5.02 Å². The molecule has 1 aromatic carbocycles. The van der Waals surface area contributed by atoms with Crippen molar-refractivity contribution < 1.29 is 9.21 Å². The van der Waals surface area contributed by atoms with Crippen molar-refractivity contribution >= 4 is 28.6 Å². The van der Waals surface area contributed by atoms with Gasteiger partial charge >= 0.3 is 5.76 Å². The Morgan fingerprint density at radius 2 is 2.04 bits per heavy atom. The lowest BCUT2D eigenvalue weighted by Gasteiger charge is -2.36. The van der Waals surface area contributed by atoms with Crippen LogP contribution in [0.4, 0.5) is 0 Å². The molecule has 1 aliphatic rings. The summed E-state index contributed by atoms with van der Waals surface area (Å²) in [6.07, 6.45) is 1.50. The Hall–Kier alpha value is -1.79. The van der Waals surface area contributed by atoms with Gasteiger partial charge in [-0.25, -0.2) is 4.79 Å². The highest BCUT2D eigenvalue weighted by Gasteiger charge is 2.23. The molecule has 3 atom stereocenters. The molecule has 2 aromatic rings. The van der Waals surface area contributed by atoms with Crippen LogP contribution in [0.15, 0.2) is 27.4 Å². The summed E-state index contributed by atoms with van der Waals surface area (Å²) >= 11 is 5.92. The standard InChI is InChI=1S/C20H28ClN3O3/c1-13-8-14(2)11-23(10-13)12-15(3)22-19(25)6-7-24-17-5-4-16(21)9-18(17)27-20(24)26/h4-5,9,13-15H,6-8,10-12H2,1-3H3,(H,22,25)/t13-,14-,15+/m1/s1. The van der Waals surface area contributed by atoms with Crippen LogP contribution >= 0.6 is 11.6 Å². The highest BCUT2D eigenvalue weighted by atomic mass is 35.5. The van der Waals surface area contributed by atoms with E-state index < -0.39 is 5.76 Å². The maximum atomic E-state index is 12.3. The lowest BCUT2D eigenvalue weighted by Crippen LogP contribution is -2.47. The molecule has 1 N–H and O–H groups in total. The number of nitrogens with one attached hydrogen (secondary N) is 1. The van der Waals surface area contributed by atoms with Gasteiger partial charge in [-0.3, -0.25) is 9.36 Å². The fourth-order valence-electron chi connectivity index (χ4n) is 4.19. The van der Waals surface area contributed by atoms with Crippen molar-refractivity contribution in [1.82, 2.24) is 14.8 Å². The second kappa shape index (κ2) is 8.48. The Bertz CT molecular complexity index is 850. The van der Waals surface area contributed by atoms with Gasteiger partial charge in [-0.15, -0.1) is 0 Å². The number of likely N-dealkylation sites (tertiary alicyclic amines) is 1. The van der Waals surface area contributed by atoms with Crippen LogP contribution in [-0.4, -0.2) is 41.1 Å². The fraction of sp³-hybridized carbons (Fsp3) is 0.600. The Balaban J connectivity index is 1.52. The predicted molar refractivity (Wildman–Crippen MR) is 107 cm³/mol. The van der Waals surface area contributed by atoms with Crippen LogP contribution < -0.4 is 11.1 Å². The number of piperidine rings is 1. The number of benzene rings is 1. The van der Waals surface area contributed by atoms with Gasteiger partial charge in [0.15, 0.2) is 5.58 Å². The van der Waals surface area contributed by atoms with E-state index in [4.69, 9.17) is 16.0 Å². The molecule has 0 radical (unpaired) electrons. The van der Waals surface area contributed by atoms with Crippen LogP contribution in [0.1, 0.15) is 33.6 Å². The van der Waals surface area contributed by atoms with Gasteiger partial charge in [-0.1, -0.05) is 25.4 Å². The lowest BCUT2D eigenvalue weighted by atomic mass is 9.92. The molecule has 1 amide bonds. The zero-order valence-electron chi connectivity index (χ0n) is 16.2. The number of rotatable bonds is 6. The fourth-order valence-corrected chi connectivity index (χ4v) is 4.35. The quantitative estimate of drug-likeness (QED) is 0.818. The number of nitrogens with zero attached hydrogens (tertiary/aromatic N) is 2. The molecule has 2 heterocycles. The summed E-state index contributed by atoms with van der Waals surface area (Å²) in [7, 11) is 0. The zero-order valence-corrected chi connectivity index (χ0v) is 17.0. The minimum absolute atomic E-state index is 0.0594. The van der Waals surface area contributed by atoms with Crippen LogP contribution in [0.3, 0.4) is 0 Å². The zero-order chi connectivity index (χ0) is 19.6. The summed E-state index contributed by atoms with van der Waals surface area (Å²) in [5.41, 5.74) is 1.09. The Morgan fingerprint density at radius 3 is 2.74 bits per heavy atom. The maximum absolute atomic E-state index is 12.3. The first-order chi connectivity index (χ1) is 12.8. The highest BCUT2D eigenvalue weighted by Crippen LogP contribution is 2.21. The van der Waals surface area contributed by atoms with Gasteiger partial charge in [-0.05, 0) is 37.3 Å². The van der Waals surface area contributed by atoms with Crippen molar-refractivity contribution in [2.75, 3.05) is 19.6 Å². The third-order valence-corrected chi connectivity index (χ3v) is 5.31. The van der Waals surface area contributed by atoms with Gasteiger partial charge < -0.3 is 14.6 Å². The molecule has 7 heteroatoms. The summed E-state index contributed by atoms with van der Waals surface area (Å²) in [5.74, 6) is 0.873. The van der Waals surface area contributed by atoms with E-state index in [1.54, 1.807) is 18.2 Å². The van der Waals surface area contributed by atoms with Crippen LogP contribution in [0.25, 0.3) is 11.1 Å². The number of halogens is 1. The predicted octanol–water partition coefficient (Wildman–Crippen LogP) is 3.12. The Labute approximate surface area is 164 Å². The number of aryl methyl sites for hydroxylation is 1. The summed E-state index contributed by atoms with van der Waals surface area (Å²) in [6.45, 7) is 9.91.